The molecule has 0 saturated heterocycles. The predicted octanol–water partition coefficient (Wildman–Crippen LogP) is 2.74. The van der Waals surface area contributed by atoms with Gasteiger partial charge in [-0.1, -0.05) is 30.3 Å². The summed E-state index contributed by atoms with van der Waals surface area (Å²) in [5, 5.41) is 18.1. The van der Waals surface area contributed by atoms with E-state index in [-0.39, 0.29) is 13.0 Å². The zero-order valence-electron chi connectivity index (χ0n) is 11.3. The Hall–Kier alpha value is -2.27. The van der Waals surface area contributed by atoms with E-state index in [1.165, 1.54) is 0 Å². The summed E-state index contributed by atoms with van der Waals surface area (Å²) >= 11 is 0. The van der Waals surface area contributed by atoms with Crippen molar-refractivity contribution in [3.8, 4) is 0 Å². The third-order valence-corrected chi connectivity index (χ3v) is 3.07. The predicted molar refractivity (Wildman–Crippen MR) is 78.5 cm³/mol. The Morgan fingerprint density at radius 1 is 1.29 bits per heavy atom. The quantitative estimate of drug-likeness (QED) is 0.634. The molecular formula is C16H16FNO3. The number of hydrogen-bond acceptors (Lipinski definition) is 4. The molecule has 0 fully saturated rings. The van der Waals surface area contributed by atoms with Gasteiger partial charge in [0.2, 0.25) is 0 Å². The van der Waals surface area contributed by atoms with Gasteiger partial charge in [0.1, 0.15) is 12.8 Å². The number of ether oxygens (including phenoxy) is 1. The Morgan fingerprint density at radius 3 is 2.71 bits per heavy atom. The van der Waals surface area contributed by atoms with Gasteiger partial charge >= 0.3 is 5.97 Å². The lowest BCUT2D eigenvalue weighted by molar-refractivity contribution is 0.0206. The molecule has 0 bridgehead atoms. The number of aliphatic hydroxyl groups excluding tert-OH is 1. The van der Waals surface area contributed by atoms with Crippen molar-refractivity contribution in [2.75, 3.05) is 6.61 Å². The minimum Gasteiger partial charge on any atom is -0.459 e. The molecule has 2 atom stereocenters. The highest BCUT2D eigenvalue weighted by molar-refractivity contribution is 5.95. The highest BCUT2D eigenvalue weighted by Crippen LogP contribution is 2.16. The fourth-order valence-corrected chi connectivity index (χ4v) is 1.97. The molecule has 0 aliphatic carbocycles. The molecule has 2 aromatic carbocycles. The molecule has 4 nitrogen and oxygen atoms in total. The van der Waals surface area contributed by atoms with Crippen LogP contribution in [0.25, 0.3) is 10.8 Å². The molecule has 0 spiro atoms. The van der Waals surface area contributed by atoms with Crippen LogP contribution in [-0.4, -0.2) is 36.2 Å². The molecule has 0 aliphatic heterocycles. The SMILES string of the molecule is N=C[C@@H](F)C[C@H](O)COC(=O)c1ccc2ccccc2c1. The van der Waals surface area contributed by atoms with E-state index in [2.05, 4.69) is 0 Å². The number of alkyl halides is 1. The number of carbonyl (C=O) groups is 1. The number of carbonyl (C=O) groups excluding carboxylic acids is 1. The van der Waals surface area contributed by atoms with E-state index in [9.17, 15) is 14.3 Å². The van der Waals surface area contributed by atoms with Crippen LogP contribution >= 0.6 is 0 Å². The Bertz CT molecular complexity index is 644. The molecule has 0 radical (unpaired) electrons. The molecular weight excluding hydrogens is 273 g/mol. The van der Waals surface area contributed by atoms with Gasteiger partial charge in [-0.15, -0.1) is 0 Å². The Labute approximate surface area is 121 Å². The minimum atomic E-state index is -1.53. The van der Waals surface area contributed by atoms with E-state index in [1.54, 1.807) is 12.1 Å². The second kappa shape index (κ2) is 6.95. The van der Waals surface area contributed by atoms with Crippen LogP contribution in [0.1, 0.15) is 16.8 Å². The second-order valence-electron chi connectivity index (χ2n) is 4.73. The van der Waals surface area contributed by atoms with Crippen molar-refractivity contribution >= 4 is 23.0 Å². The summed E-state index contributed by atoms with van der Waals surface area (Å²) < 4.78 is 17.8. The first-order chi connectivity index (χ1) is 10.1. The van der Waals surface area contributed by atoms with Crippen LogP contribution in [0.15, 0.2) is 42.5 Å². The van der Waals surface area contributed by atoms with Crippen LogP contribution < -0.4 is 0 Å². The van der Waals surface area contributed by atoms with Crippen LogP contribution in [-0.2, 0) is 4.74 Å². The Kier molecular flexibility index (Phi) is 5.00. The molecule has 2 rings (SSSR count). The summed E-state index contributed by atoms with van der Waals surface area (Å²) in [6, 6.07) is 12.8. The first-order valence-corrected chi connectivity index (χ1v) is 6.59. The highest BCUT2D eigenvalue weighted by Gasteiger charge is 2.15. The molecule has 2 N–H and O–H groups in total. The number of rotatable bonds is 6. The normalized spacial score (nSPS) is 13.6. The first kappa shape index (κ1) is 15.1. The number of esters is 1. The maximum atomic E-state index is 12.9. The fourth-order valence-electron chi connectivity index (χ4n) is 1.97. The summed E-state index contributed by atoms with van der Waals surface area (Å²) in [7, 11) is 0. The van der Waals surface area contributed by atoms with Crippen molar-refractivity contribution in [2.24, 2.45) is 0 Å². The van der Waals surface area contributed by atoms with Gasteiger partial charge in [-0.2, -0.15) is 0 Å². The van der Waals surface area contributed by atoms with E-state index >= 15 is 0 Å². The molecule has 0 heterocycles. The van der Waals surface area contributed by atoms with Gasteiger partial charge in [0.25, 0.3) is 0 Å². The minimum absolute atomic E-state index is 0.255. The third kappa shape index (κ3) is 4.10. The standard InChI is InChI=1S/C16H16FNO3/c17-14(9-18)8-15(19)10-21-16(20)13-6-5-11-3-1-2-4-12(11)7-13/h1-7,9,14-15,18-19H,8,10H2/t14-,15-/m0/s1. The van der Waals surface area contributed by atoms with Gasteiger partial charge < -0.3 is 15.3 Å². The lowest BCUT2D eigenvalue weighted by atomic mass is 10.1. The summed E-state index contributed by atoms with van der Waals surface area (Å²) in [4.78, 5) is 11.9. The Morgan fingerprint density at radius 2 is 2.00 bits per heavy atom. The lowest BCUT2D eigenvalue weighted by Crippen LogP contribution is -2.22. The van der Waals surface area contributed by atoms with Crippen LogP contribution in [0.3, 0.4) is 0 Å². The maximum Gasteiger partial charge on any atom is 0.338 e. The van der Waals surface area contributed by atoms with Crippen LogP contribution in [0, 0.1) is 5.41 Å². The van der Waals surface area contributed by atoms with Crippen LogP contribution in [0.2, 0.25) is 0 Å². The number of halogens is 1. The van der Waals surface area contributed by atoms with Gasteiger partial charge in [0, 0.05) is 12.6 Å². The van der Waals surface area contributed by atoms with Gasteiger partial charge in [-0.25, -0.2) is 9.18 Å². The van der Waals surface area contributed by atoms with Crippen molar-refractivity contribution in [3.63, 3.8) is 0 Å². The molecule has 0 aliphatic rings. The molecule has 2 aromatic rings. The van der Waals surface area contributed by atoms with E-state index in [0.29, 0.717) is 11.8 Å². The number of aliphatic hydroxyl groups is 1. The van der Waals surface area contributed by atoms with Crippen molar-refractivity contribution in [1.82, 2.24) is 0 Å². The van der Waals surface area contributed by atoms with Gasteiger partial charge in [0.05, 0.1) is 11.7 Å². The average Bonchev–Trinajstić information content (AvgIpc) is 2.51. The van der Waals surface area contributed by atoms with Gasteiger partial charge in [0.15, 0.2) is 0 Å². The summed E-state index contributed by atoms with van der Waals surface area (Å²) in [6.45, 7) is -0.292. The number of fused-ring (bicyclic) bond motifs is 1. The van der Waals surface area contributed by atoms with E-state index in [1.807, 2.05) is 30.3 Å². The summed E-state index contributed by atoms with van der Waals surface area (Å²) in [5.41, 5.74) is 0.379. The van der Waals surface area contributed by atoms with Gasteiger partial charge in [-0.05, 0) is 22.9 Å². The molecule has 110 valence electrons. The zero-order chi connectivity index (χ0) is 15.2. The number of hydrogen-bond donors (Lipinski definition) is 2. The number of nitrogens with one attached hydrogen (secondary N) is 1. The maximum absolute atomic E-state index is 12.9. The van der Waals surface area contributed by atoms with Crippen molar-refractivity contribution in [3.05, 3.63) is 48.0 Å². The molecule has 0 amide bonds. The molecule has 5 heteroatoms. The topological polar surface area (TPSA) is 70.4 Å². The van der Waals surface area contributed by atoms with Crippen LogP contribution in [0.4, 0.5) is 4.39 Å². The highest BCUT2D eigenvalue weighted by atomic mass is 19.1. The van der Waals surface area contributed by atoms with E-state index < -0.39 is 18.2 Å². The third-order valence-electron chi connectivity index (χ3n) is 3.07. The monoisotopic (exact) mass is 289 g/mol. The first-order valence-electron chi connectivity index (χ1n) is 6.59. The summed E-state index contributed by atoms with van der Waals surface area (Å²) in [6.07, 6.45) is -2.30. The molecule has 21 heavy (non-hydrogen) atoms. The molecule has 0 unspecified atom stereocenters. The van der Waals surface area contributed by atoms with E-state index in [0.717, 1.165) is 10.8 Å². The summed E-state index contributed by atoms with van der Waals surface area (Å²) in [5.74, 6) is -0.565. The smallest absolute Gasteiger partial charge is 0.338 e. The second-order valence-corrected chi connectivity index (χ2v) is 4.73. The zero-order valence-corrected chi connectivity index (χ0v) is 11.3. The van der Waals surface area contributed by atoms with Crippen molar-refractivity contribution < 1.29 is 19.0 Å². The molecule has 0 aromatic heterocycles. The average molecular weight is 289 g/mol. The largest absolute Gasteiger partial charge is 0.459 e. The number of benzene rings is 2. The lowest BCUT2D eigenvalue weighted by Gasteiger charge is -2.12. The van der Waals surface area contributed by atoms with Crippen molar-refractivity contribution in [1.29, 1.82) is 5.41 Å². The molecule has 0 saturated carbocycles. The van der Waals surface area contributed by atoms with Gasteiger partial charge in [-0.3, -0.25) is 0 Å². The van der Waals surface area contributed by atoms with Crippen molar-refractivity contribution in [2.45, 2.75) is 18.7 Å². The van der Waals surface area contributed by atoms with E-state index in [4.69, 9.17) is 10.1 Å². The Balaban J connectivity index is 1.97. The fraction of sp³-hybridized carbons (Fsp3) is 0.250. The van der Waals surface area contributed by atoms with Crippen LogP contribution in [0.5, 0.6) is 0 Å².